The normalized spacial score (nSPS) is 17.1. The fraction of sp³-hybridized carbons (Fsp3) is 0.316. The average Bonchev–Trinajstić information content (AvgIpc) is 3.29. The van der Waals surface area contributed by atoms with Crippen molar-refractivity contribution in [3.63, 3.8) is 0 Å². The van der Waals surface area contributed by atoms with Crippen LogP contribution in [0.5, 0.6) is 0 Å². The molecule has 9 heteroatoms. The summed E-state index contributed by atoms with van der Waals surface area (Å²) in [6.45, 7) is 1.07. The molecule has 0 saturated carbocycles. The van der Waals surface area contributed by atoms with Crippen molar-refractivity contribution in [3.8, 4) is 11.4 Å². The average molecular weight is 423 g/mol. The minimum absolute atomic E-state index is 0.0845. The predicted octanol–water partition coefficient (Wildman–Crippen LogP) is 4.54. The number of hydrogen-bond donors (Lipinski definition) is 0. The lowest BCUT2D eigenvalue weighted by molar-refractivity contribution is 0.0686. The van der Waals surface area contributed by atoms with E-state index in [1.54, 1.807) is 34.7 Å². The van der Waals surface area contributed by atoms with Gasteiger partial charge in [0.05, 0.1) is 10.9 Å². The molecule has 3 heterocycles. The van der Waals surface area contributed by atoms with E-state index in [-0.39, 0.29) is 17.6 Å². The van der Waals surface area contributed by atoms with E-state index < -0.39 is 0 Å². The molecule has 4 rings (SSSR count). The molecule has 3 aromatic rings. The van der Waals surface area contributed by atoms with Gasteiger partial charge in [0.1, 0.15) is 16.7 Å². The molecule has 1 amide bonds. The van der Waals surface area contributed by atoms with Gasteiger partial charge >= 0.3 is 0 Å². The maximum atomic E-state index is 13.4. The van der Waals surface area contributed by atoms with Crippen molar-refractivity contribution >= 4 is 29.1 Å². The van der Waals surface area contributed by atoms with Crippen LogP contribution in [0.2, 0.25) is 10.2 Å². The van der Waals surface area contributed by atoms with Crippen LogP contribution in [-0.4, -0.2) is 38.6 Å². The van der Waals surface area contributed by atoms with Gasteiger partial charge in [0, 0.05) is 25.7 Å². The van der Waals surface area contributed by atoms with E-state index in [0.29, 0.717) is 46.2 Å². The van der Waals surface area contributed by atoms with Crippen molar-refractivity contribution in [2.75, 3.05) is 13.1 Å². The summed E-state index contributed by atoms with van der Waals surface area (Å²) in [5, 5.41) is 4.64. The minimum Gasteiger partial charge on any atom is -0.339 e. The zero-order valence-electron chi connectivity index (χ0n) is 15.0. The Morgan fingerprint density at radius 3 is 2.86 bits per heavy atom. The van der Waals surface area contributed by atoms with E-state index >= 15 is 0 Å². The third kappa shape index (κ3) is 3.52. The van der Waals surface area contributed by atoms with Gasteiger partial charge in [0.15, 0.2) is 0 Å². The SMILES string of the molecule is Cn1c(C(=O)N2CCCC(c3nc(-c4cccc(F)c4)no3)C2)cc(Cl)c1Cl. The molecular formula is C19H17Cl2FN4O2. The van der Waals surface area contributed by atoms with E-state index in [2.05, 4.69) is 10.1 Å². The van der Waals surface area contributed by atoms with Gasteiger partial charge in [-0.2, -0.15) is 4.98 Å². The van der Waals surface area contributed by atoms with Crippen molar-refractivity contribution in [1.82, 2.24) is 19.6 Å². The van der Waals surface area contributed by atoms with E-state index in [4.69, 9.17) is 27.7 Å². The Bertz CT molecular complexity index is 1030. The molecule has 1 atom stereocenters. The lowest BCUT2D eigenvalue weighted by Gasteiger charge is -2.31. The summed E-state index contributed by atoms with van der Waals surface area (Å²) >= 11 is 12.1. The highest BCUT2D eigenvalue weighted by Crippen LogP contribution is 2.30. The first-order valence-corrected chi connectivity index (χ1v) is 9.59. The smallest absolute Gasteiger partial charge is 0.270 e. The molecular weight excluding hydrogens is 406 g/mol. The van der Waals surface area contributed by atoms with Crippen LogP contribution in [0, 0.1) is 5.82 Å². The minimum atomic E-state index is -0.363. The van der Waals surface area contributed by atoms with Crippen LogP contribution in [0.15, 0.2) is 34.9 Å². The highest BCUT2D eigenvalue weighted by molar-refractivity contribution is 6.41. The van der Waals surface area contributed by atoms with Gasteiger partial charge in [-0.15, -0.1) is 0 Å². The second-order valence-corrected chi connectivity index (χ2v) is 7.55. The highest BCUT2D eigenvalue weighted by Gasteiger charge is 2.30. The first-order chi connectivity index (χ1) is 13.4. The largest absolute Gasteiger partial charge is 0.339 e. The van der Waals surface area contributed by atoms with Crippen LogP contribution in [-0.2, 0) is 7.05 Å². The van der Waals surface area contributed by atoms with Crippen LogP contribution >= 0.6 is 23.2 Å². The number of benzene rings is 1. The maximum absolute atomic E-state index is 13.4. The quantitative estimate of drug-likeness (QED) is 0.621. The van der Waals surface area contributed by atoms with Gasteiger partial charge in [0.25, 0.3) is 5.91 Å². The molecule has 0 spiro atoms. The van der Waals surface area contributed by atoms with Gasteiger partial charge in [-0.1, -0.05) is 40.5 Å². The van der Waals surface area contributed by atoms with Gasteiger partial charge in [-0.3, -0.25) is 4.79 Å². The summed E-state index contributed by atoms with van der Waals surface area (Å²) in [5.41, 5.74) is 0.980. The second-order valence-electron chi connectivity index (χ2n) is 6.78. The van der Waals surface area contributed by atoms with Crippen LogP contribution in [0.25, 0.3) is 11.4 Å². The second kappa shape index (κ2) is 7.56. The third-order valence-corrected chi connectivity index (χ3v) is 5.76. The summed E-state index contributed by atoms with van der Waals surface area (Å²) in [6.07, 6.45) is 1.63. The maximum Gasteiger partial charge on any atom is 0.270 e. The number of likely N-dealkylation sites (tertiary alicyclic amines) is 1. The summed E-state index contributed by atoms with van der Waals surface area (Å²) in [5.74, 6) is 0.182. The Hall–Kier alpha value is -2.38. The van der Waals surface area contributed by atoms with Gasteiger partial charge in [-0.05, 0) is 31.0 Å². The number of nitrogens with zero attached hydrogens (tertiary/aromatic N) is 4. The molecule has 6 nitrogen and oxygen atoms in total. The summed E-state index contributed by atoms with van der Waals surface area (Å²) in [6, 6.07) is 7.60. The molecule has 0 aliphatic carbocycles. The molecule has 0 N–H and O–H groups in total. The van der Waals surface area contributed by atoms with Gasteiger partial charge < -0.3 is 14.0 Å². The third-order valence-electron chi connectivity index (χ3n) is 4.92. The Labute approximate surface area is 170 Å². The van der Waals surface area contributed by atoms with Gasteiger partial charge in [0.2, 0.25) is 11.7 Å². The van der Waals surface area contributed by atoms with Crippen LogP contribution in [0.1, 0.15) is 35.1 Å². The zero-order chi connectivity index (χ0) is 19.8. The van der Waals surface area contributed by atoms with Gasteiger partial charge in [-0.25, -0.2) is 4.39 Å². The van der Waals surface area contributed by atoms with E-state index in [1.807, 2.05) is 0 Å². The predicted molar refractivity (Wildman–Crippen MR) is 103 cm³/mol. The topological polar surface area (TPSA) is 64.2 Å². The molecule has 1 fully saturated rings. The van der Waals surface area contributed by atoms with Crippen molar-refractivity contribution in [3.05, 3.63) is 57.9 Å². The number of rotatable bonds is 3. The molecule has 146 valence electrons. The first kappa shape index (κ1) is 19.0. The zero-order valence-corrected chi connectivity index (χ0v) is 16.5. The molecule has 28 heavy (non-hydrogen) atoms. The van der Waals surface area contributed by atoms with Crippen molar-refractivity contribution in [2.45, 2.75) is 18.8 Å². The molecule has 1 aliphatic heterocycles. The molecule has 1 unspecified atom stereocenters. The van der Waals surface area contributed by atoms with E-state index in [1.165, 1.54) is 12.1 Å². The number of carbonyl (C=O) groups excluding carboxylic acids is 1. The fourth-order valence-electron chi connectivity index (χ4n) is 3.42. The number of aromatic nitrogens is 3. The molecule has 1 aliphatic rings. The number of amides is 1. The van der Waals surface area contributed by atoms with Crippen LogP contribution < -0.4 is 0 Å². The molecule has 0 bridgehead atoms. The van der Waals surface area contributed by atoms with Crippen molar-refractivity contribution in [2.24, 2.45) is 7.05 Å². The summed E-state index contributed by atoms with van der Waals surface area (Å²) in [4.78, 5) is 19.1. The number of carbonyl (C=O) groups is 1. The number of piperidine rings is 1. The molecule has 1 saturated heterocycles. The number of halogens is 3. The van der Waals surface area contributed by atoms with Crippen LogP contribution in [0.3, 0.4) is 0 Å². The fourth-order valence-corrected chi connectivity index (χ4v) is 3.79. The van der Waals surface area contributed by atoms with E-state index in [9.17, 15) is 9.18 Å². The van der Waals surface area contributed by atoms with E-state index in [0.717, 1.165) is 12.8 Å². The summed E-state index contributed by atoms with van der Waals surface area (Å²) < 4.78 is 20.4. The molecule has 1 aromatic carbocycles. The Morgan fingerprint density at radius 1 is 1.32 bits per heavy atom. The Kier molecular flexibility index (Phi) is 5.12. The monoisotopic (exact) mass is 422 g/mol. The lowest BCUT2D eigenvalue weighted by atomic mass is 9.97. The lowest BCUT2D eigenvalue weighted by Crippen LogP contribution is -2.39. The van der Waals surface area contributed by atoms with Crippen molar-refractivity contribution < 1.29 is 13.7 Å². The standard InChI is InChI=1S/C19H17Cl2FN4O2/c1-25-15(9-14(20)16(25)21)19(27)26-7-3-5-12(10-26)18-23-17(24-28-18)11-4-2-6-13(22)8-11/h2,4,6,8-9,12H,3,5,7,10H2,1H3. The number of hydrogen-bond acceptors (Lipinski definition) is 4. The molecule has 2 aromatic heterocycles. The first-order valence-electron chi connectivity index (χ1n) is 8.83. The van der Waals surface area contributed by atoms with Crippen molar-refractivity contribution in [1.29, 1.82) is 0 Å². The Balaban J connectivity index is 1.53. The summed E-state index contributed by atoms with van der Waals surface area (Å²) in [7, 11) is 1.70. The highest BCUT2D eigenvalue weighted by atomic mass is 35.5. The molecule has 0 radical (unpaired) electrons. The van der Waals surface area contributed by atoms with Crippen LogP contribution in [0.4, 0.5) is 4.39 Å². The Morgan fingerprint density at radius 2 is 2.14 bits per heavy atom.